The molecule has 0 spiro atoms. The van der Waals surface area contributed by atoms with Crippen LogP contribution in [0.15, 0.2) is 48.7 Å². The summed E-state index contributed by atoms with van der Waals surface area (Å²) in [6.45, 7) is 9.94. The molecule has 1 saturated heterocycles. The van der Waals surface area contributed by atoms with E-state index in [1.807, 2.05) is 17.0 Å². The second kappa shape index (κ2) is 9.49. The molecule has 2 atom stereocenters. The Morgan fingerprint density at radius 3 is 2.75 bits per heavy atom. The van der Waals surface area contributed by atoms with Gasteiger partial charge in [0.1, 0.15) is 11.9 Å². The number of aliphatic hydroxyl groups is 1. The zero-order valence-electron chi connectivity index (χ0n) is 19.1. The van der Waals surface area contributed by atoms with E-state index in [-0.39, 0.29) is 17.7 Å². The zero-order chi connectivity index (χ0) is 22.7. The fraction of sp³-hybridized carbons (Fsp3) is 0.500. The lowest BCUT2D eigenvalue weighted by Gasteiger charge is -2.36. The largest absolute Gasteiger partial charge is 0.489 e. The van der Waals surface area contributed by atoms with Gasteiger partial charge in [0.15, 0.2) is 11.6 Å². The summed E-state index contributed by atoms with van der Waals surface area (Å²) < 4.78 is 21.3. The van der Waals surface area contributed by atoms with Gasteiger partial charge in [0.2, 0.25) is 0 Å². The molecule has 0 bridgehead atoms. The third-order valence-electron chi connectivity index (χ3n) is 6.63. The Labute approximate surface area is 190 Å². The maximum absolute atomic E-state index is 15.1. The smallest absolute Gasteiger partial charge is 0.188 e. The minimum atomic E-state index is -0.728. The highest BCUT2D eigenvalue weighted by atomic mass is 19.1. The summed E-state index contributed by atoms with van der Waals surface area (Å²) in [5.41, 5.74) is 2.26. The van der Waals surface area contributed by atoms with Crippen LogP contribution >= 0.6 is 0 Å². The van der Waals surface area contributed by atoms with E-state index in [9.17, 15) is 5.11 Å². The van der Waals surface area contributed by atoms with Crippen molar-refractivity contribution >= 4 is 11.5 Å². The highest BCUT2D eigenvalue weighted by Gasteiger charge is 2.34. The van der Waals surface area contributed by atoms with Crippen LogP contribution in [0, 0.1) is 5.82 Å². The first kappa shape index (κ1) is 22.6. The lowest BCUT2D eigenvalue weighted by Crippen LogP contribution is -2.43. The Bertz CT molecular complexity index is 943. The van der Waals surface area contributed by atoms with Gasteiger partial charge in [0, 0.05) is 25.7 Å². The van der Waals surface area contributed by atoms with Crippen LogP contribution in [0.5, 0.6) is 5.75 Å². The highest BCUT2D eigenvalue weighted by molar-refractivity contribution is 5.56. The van der Waals surface area contributed by atoms with Crippen molar-refractivity contribution in [2.24, 2.45) is 0 Å². The molecule has 0 amide bonds. The molecule has 2 aromatic rings. The summed E-state index contributed by atoms with van der Waals surface area (Å²) in [5.74, 6) is 1.11. The van der Waals surface area contributed by atoms with E-state index in [2.05, 4.69) is 42.9 Å². The van der Waals surface area contributed by atoms with Crippen LogP contribution in [0.1, 0.15) is 57.4 Å². The van der Waals surface area contributed by atoms with Crippen molar-refractivity contribution in [3.63, 3.8) is 0 Å². The van der Waals surface area contributed by atoms with Crippen LogP contribution in [0.25, 0.3) is 0 Å². The molecule has 2 N–H and O–H groups in total. The molecule has 2 fully saturated rings. The predicted octanol–water partition coefficient (Wildman–Crippen LogP) is 5.28. The van der Waals surface area contributed by atoms with Gasteiger partial charge in [-0.2, -0.15) is 0 Å². The van der Waals surface area contributed by atoms with Crippen LogP contribution in [0.2, 0.25) is 0 Å². The van der Waals surface area contributed by atoms with Crippen LogP contribution < -0.4 is 15.0 Å². The summed E-state index contributed by atoms with van der Waals surface area (Å²) in [6, 6.07) is 9.98. The molecule has 5 nitrogen and oxygen atoms in total. The number of aromatic nitrogens is 1. The predicted molar refractivity (Wildman–Crippen MR) is 127 cm³/mol. The molecule has 1 aromatic heterocycles. The summed E-state index contributed by atoms with van der Waals surface area (Å²) in [5, 5.41) is 13.3. The van der Waals surface area contributed by atoms with Crippen molar-refractivity contribution in [1.82, 2.24) is 4.98 Å². The maximum atomic E-state index is 15.1. The van der Waals surface area contributed by atoms with Crippen molar-refractivity contribution in [3.05, 3.63) is 60.1 Å². The van der Waals surface area contributed by atoms with Crippen molar-refractivity contribution in [2.75, 3.05) is 29.9 Å². The normalized spacial score (nSPS) is 20.5. The standard InChI is InChI=1S/C26H34FN3O2/c1-18(2)15-19(3)20-5-7-21(8-6-20)32-22-10-14-30(16-22)23-9-13-28-25(24(23)27)29-17-26(31)11-4-12-26/h5-9,13,19,22,31H,1,4,10-12,14-17H2,2-3H3,(H,28,29)/t19-,22-/m1/s1. The maximum Gasteiger partial charge on any atom is 0.188 e. The Kier molecular flexibility index (Phi) is 6.70. The van der Waals surface area contributed by atoms with Gasteiger partial charge >= 0.3 is 0 Å². The SMILES string of the molecule is C=C(C)C[C@@H](C)c1ccc(O[C@@H]2CCN(c3ccnc(NCC4(O)CCC4)c3F)C2)cc1. The van der Waals surface area contributed by atoms with Crippen molar-refractivity contribution < 1.29 is 14.2 Å². The molecule has 172 valence electrons. The van der Waals surface area contributed by atoms with E-state index in [0.29, 0.717) is 24.7 Å². The van der Waals surface area contributed by atoms with Gasteiger partial charge in [-0.15, -0.1) is 6.58 Å². The molecule has 1 aliphatic carbocycles. The minimum absolute atomic E-state index is 0.00774. The van der Waals surface area contributed by atoms with Crippen LogP contribution in [0.4, 0.5) is 15.9 Å². The number of anilines is 2. The number of pyridine rings is 1. The fourth-order valence-electron chi connectivity index (χ4n) is 4.56. The number of hydrogen-bond acceptors (Lipinski definition) is 5. The van der Waals surface area contributed by atoms with Crippen LogP contribution in [-0.4, -0.2) is 41.4 Å². The molecule has 1 aromatic carbocycles. The van der Waals surface area contributed by atoms with Gasteiger partial charge in [-0.25, -0.2) is 9.37 Å². The van der Waals surface area contributed by atoms with E-state index >= 15 is 4.39 Å². The van der Waals surface area contributed by atoms with E-state index in [0.717, 1.165) is 44.4 Å². The number of benzene rings is 1. The average molecular weight is 440 g/mol. The van der Waals surface area contributed by atoms with Crippen LogP contribution in [-0.2, 0) is 0 Å². The molecule has 0 radical (unpaired) electrons. The molecular formula is C26H34FN3O2. The molecule has 2 aliphatic rings. The number of nitrogens with one attached hydrogen (secondary N) is 1. The van der Waals surface area contributed by atoms with Gasteiger partial charge in [-0.3, -0.25) is 0 Å². The number of ether oxygens (including phenoxy) is 1. The summed E-state index contributed by atoms with van der Waals surface area (Å²) >= 11 is 0. The van der Waals surface area contributed by atoms with Crippen LogP contribution in [0.3, 0.4) is 0 Å². The molecule has 1 saturated carbocycles. The minimum Gasteiger partial charge on any atom is -0.489 e. The number of hydrogen-bond donors (Lipinski definition) is 2. The Balaban J connectivity index is 1.34. The third kappa shape index (κ3) is 5.23. The molecule has 0 unspecified atom stereocenters. The molecule has 1 aliphatic heterocycles. The topological polar surface area (TPSA) is 57.6 Å². The number of halogens is 1. The second-order valence-corrected chi connectivity index (χ2v) is 9.53. The van der Waals surface area contributed by atoms with E-state index in [1.54, 1.807) is 12.3 Å². The molecular weight excluding hydrogens is 405 g/mol. The monoisotopic (exact) mass is 439 g/mol. The highest BCUT2D eigenvalue weighted by Crippen LogP contribution is 2.33. The van der Waals surface area contributed by atoms with E-state index in [1.165, 1.54) is 11.1 Å². The number of rotatable bonds is 9. The molecule has 2 heterocycles. The van der Waals surface area contributed by atoms with Crippen molar-refractivity contribution in [2.45, 2.75) is 63.6 Å². The number of nitrogens with zero attached hydrogens (tertiary/aromatic N) is 2. The number of allylic oxidation sites excluding steroid dienone is 1. The van der Waals surface area contributed by atoms with Gasteiger partial charge in [0.05, 0.1) is 17.8 Å². The first-order valence-corrected chi connectivity index (χ1v) is 11.6. The van der Waals surface area contributed by atoms with Gasteiger partial charge in [-0.05, 0) is 62.3 Å². The average Bonchev–Trinajstić information content (AvgIpc) is 3.20. The van der Waals surface area contributed by atoms with Crippen molar-refractivity contribution in [3.8, 4) is 5.75 Å². The molecule has 6 heteroatoms. The summed E-state index contributed by atoms with van der Waals surface area (Å²) in [4.78, 5) is 6.15. The Morgan fingerprint density at radius 1 is 1.34 bits per heavy atom. The first-order valence-electron chi connectivity index (χ1n) is 11.6. The van der Waals surface area contributed by atoms with Gasteiger partial charge in [-0.1, -0.05) is 24.6 Å². The van der Waals surface area contributed by atoms with Crippen molar-refractivity contribution in [1.29, 1.82) is 0 Å². The van der Waals surface area contributed by atoms with E-state index in [4.69, 9.17) is 4.74 Å². The van der Waals surface area contributed by atoms with Gasteiger partial charge in [0.25, 0.3) is 0 Å². The lowest BCUT2D eigenvalue weighted by atomic mass is 9.80. The Morgan fingerprint density at radius 2 is 2.09 bits per heavy atom. The molecule has 32 heavy (non-hydrogen) atoms. The second-order valence-electron chi connectivity index (χ2n) is 9.53. The lowest BCUT2D eigenvalue weighted by molar-refractivity contribution is -0.0203. The summed E-state index contributed by atoms with van der Waals surface area (Å²) in [6.07, 6.45) is 5.95. The third-order valence-corrected chi connectivity index (χ3v) is 6.63. The zero-order valence-corrected chi connectivity index (χ0v) is 19.1. The van der Waals surface area contributed by atoms with Gasteiger partial charge < -0.3 is 20.1 Å². The quantitative estimate of drug-likeness (QED) is 0.521. The first-order chi connectivity index (χ1) is 15.3. The van der Waals surface area contributed by atoms with E-state index < -0.39 is 5.60 Å². The Hall–Kier alpha value is -2.60. The fourth-order valence-corrected chi connectivity index (χ4v) is 4.56. The summed E-state index contributed by atoms with van der Waals surface area (Å²) in [7, 11) is 0. The molecule has 4 rings (SSSR count).